The minimum absolute atomic E-state index is 0.309. The van der Waals surface area contributed by atoms with Gasteiger partial charge in [0.2, 0.25) is 0 Å². The Morgan fingerprint density at radius 3 is 2.44 bits per heavy atom. The van der Waals surface area contributed by atoms with Crippen LogP contribution in [-0.4, -0.2) is 4.99 Å². The highest BCUT2D eigenvalue weighted by Crippen LogP contribution is 2.24. The van der Waals surface area contributed by atoms with Gasteiger partial charge in [0.15, 0.2) is 0 Å². The van der Waals surface area contributed by atoms with Crippen molar-refractivity contribution in [3.8, 4) is 0 Å². The second kappa shape index (κ2) is 5.46. The van der Waals surface area contributed by atoms with Gasteiger partial charge in [0.1, 0.15) is 10.8 Å². The molecule has 0 atom stereocenters. The Kier molecular flexibility index (Phi) is 3.93. The van der Waals surface area contributed by atoms with Gasteiger partial charge in [0.05, 0.1) is 5.69 Å². The van der Waals surface area contributed by atoms with Crippen LogP contribution >= 0.6 is 28.1 Å². The number of halogens is 2. The Balaban J connectivity index is 2.23. The number of nitrogens with one attached hydrogen (secondary N) is 1. The van der Waals surface area contributed by atoms with Crippen molar-refractivity contribution in [1.82, 2.24) is 0 Å². The number of rotatable bonds is 3. The normalized spacial score (nSPS) is 10.1. The number of nitrogens with two attached hydrogens (primary N) is 1. The molecule has 0 fully saturated rings. The lowest BCUT2D eigenvalue weighted by Crippen LogP contribution is -2.08. The molecule has 0 radical (unpaired) electrons. The van der Waals surface area contributed by atoms with Crippen LogP contribution in [0.15, 0.2) is 46.9 Å². The number of anilines is 2. The quantitative estimate of drug-likeness (QED) is 0.839. The fraction of sp³-hybridized carbons (Fsp3) is 0. The van der Waals surface area contributed by atoms with Gasteiger partial charge in [0, 0.05) is 15.7 Å². The van der Waals surface area contributed by atoms with E-state index in [9.17, 15) is 4.39 Å². The monoisotopic (exact) mass is 324 g/mol. The highest BCUT2D eigenvalue weighted by molar-refractivity contribution is 9.10. The molecular formula is C13H10BrFN2S. The summed E-state index contributed by atoms with van der Waals surface area (Å²) in [6.45, 7) is 0. The first-order valence-electron chi connectivity index (χ1n) is 5.18. The van der Waals surface area contributed by atoms with Crippen molar-refractivity contribution in [3.63, 3.8) is 0 Å². The van der Waals surface area contributed by atoms with Crippen molar-refractivity contribution >= 4 is 44.5 Å². The van der Waals surface area contributed by atoms with E-state index in [-0.39, 0.29) is 5.82 Å². The van der Waals surface area contributed by atoms with Crippen LogP contribution < -0.4 is 11.1 Å². The minimum atomic E-state index is -0.309. The summed E-state index contributed by atoms with van der Waals surface area (Å²) in [6.07, 6.45) is 0. The van der Waals surface area contributed by atoms with E-state index in [1.807, 2.05) is 0 Å². The van der Waals surface area contributed by atoms with Crippen molar-refractivity contribution in [2.45, 2.75) is 0 Å². The summed E-state index contributed by atoms with van der Waals surface area (Å²) >= 11 is 8.16. The minimum Gasteiger partial charge on any atom is -0.389 e. The molecule has 0 spiro atoms. The number of benzene rings is 2. The second-order valence-corrected chi connectivity index (χ2v) is 5.05. The smallest absolute Gasteiger partial charge is 0.146 e. The first-order valence-corrected chi connectivity index (χ1v) is 6.38. The van der Waals surface area contributed by atoms with Crippen LogP contribution in [0, 0.1) is 5.82 Å². The molecule has 0 amide bonds. The Bertz CT molecular complexity index is 584. The average molecular weight is 325 g/mol. The Morgan fingerprint density at radius 1 is 1.17 bits per heavy atom. The number of hydrogen-bond acceptors (Lipinski definition) is 2. The van der Waals surface area contributed by atoms with E-state index < -0.39 is 0 Å². The number of hydrogen-bond donors (Lipinski definition) is 2. The van der Waals surface area contributed by atoms with Crippen LogP contribution in [-0.2, 0) is 0 Å². The van der Waals surface area contributed by atoms with Gasteiger partial charge < -0.3 is 11.1 Å². The van der Waals surface area contributed by atoms with E-state index in [0.29, 0.717) is 10.7 Å². The highest BCUT2D eigenvalue weighted by atomic mass is 79.9. The van der Waals surface area contributed by atoms with Gasteiger partial charge in [-0.15, -0.1) is 0 Å². The maximum Gasteiger partial charge on any atom is 0.146 e. The molecule has 0 saturated heterocycles. The third kappa shape index (κ3) is 3.05. The van der Waals surface area contributed by atoms with E-state index in [1.54, 1.807) is 36.4 Å². The molecule has 92 valence electrons. The van der Waals surface area contributed by atoms with Gasteiger partial charge in [-0.1, -0.05) is 28.1 Å². The largest absolute Gasteiger partial charge is 0.389 e. The van der Waals surface area contributed by atoms with E-state index >= 15 is 0 Å². The highest BCUT2D eigenvalue weighted by Gasteiger charge is 2.03. The summed E-state index contributed by atoms with van der Waals surface area (Å²) in [6, 6.07) is 11.9. The molecule has 2 rings (SSSR count). The molecule has 2 aromatic carbocycles. The molecule has 0 bridgehead atoms. The summed E-state index contributed by atoms with van der Waals surface area (Å²) < 4.78 is 14.3. The summed E-state index contributed by atoms with van der Waals surface area (Å²) in [5.74, 6) is -0.309. The first-order chi connectivity index (χ1) is 8.56. The van der Waals surface area contributed by atoms with E-state index in [0.717, 1.165) is 15.7 Å². The fourth-order valence-corrected chi connectivity index (χ4v) is 1.96. The molecule has 2 nitrogen and oxygen atoms in total. The van der Waals surface area contributed by atoms with Crippen molar-refractivity contribution in [3.05, 3.63) is 58.3 Å². The first kappa shape index (κ1) is 13.0. The van der Waals surface area contributed by atoms with Crippen LogP contribution in [0.4, 0.5) is 15.8 Å². The molecule has 0 aliphatic rings. The second-order valence-electron chi connectivity index (χ2n) is 3.69. The van der Waals surface area contributed by atoms with Gasteiger partial charge in [-0.05, 0) is 42.5 Å². The third-order valence-electron chi connectivity index (χ3n) is 2.38. The van der Waals surface area contributed by atoms with Gasteiger partial charge >= 0.3 is 0 Å². The van der Waals surface area contributed by atoms with Gasteiger partial charge in [-0.2, -0.15) is 0 Å². The van der Waals surface area contributed by atoms with Crippen molar-refractivity contribution in [1.29, 1.82) is 0 Å². The molecule has 0 heterocycles. The number of thiocarbonyl (C=S) groups is 1. The third-order valence-corrected chi connectivity index (χ3v) is 3.11. The molecule has 0 aliphatic carbocycles. The van der Waals surface area contributed by atoms with Crippen LogP contribution in [0.3, 0.4) is 0 Å². The SMILES string of the molecule is NC(=S)c1ccc(Nc2cc(Br)ccc2F)cc1. The molecule has 0 aromatic heterocycles. The zero-order chi connectivity index (χ0) is 13.1. The maximum absolute atomic E-state index is 13.5. The van der Waals surface area contributed by atoms with Crippen LogP contribution in [0.1, 0.15) is 5.56 Å². The summed E-state index contributed by atoms with van der Waals surface area (Å²) in [4.78, 5) is 0.343. The zero-order valence-corrected chi connectivity index (χ0v) is 11.7. The van der Waals surface area contributed by atoms with Crippen molar-refractivity contribution in [2.75, 3.05) is 5.32 Å². The van der Waals surface area contributed by atoms with Crippen molar-refractivity contribution in [2.24, 2.45) is 5.73 Å². The lowest BCUT2D eigenvalue weighted by Gasteiger charge is -2.08. The summed E-state index contributed by atoms with van der Waals surface area (Å²) in [5.41, 5.74) is 7.47. The molecular weight excluding hydrogens is 315 g/mol. The van der Waals surface area contributed by atoms with Crippen LogP contribution in [0.25, 0.3) is 0 Å². The lowest BCUT2D eigenvalue weighted by atomic mass is 10.2. The molecule has 3 N–H and O–H groups in total. The lowest BCUT2D eigenvalue weighted by molar-refractivity contribution is 0.631. The standard InChI is InChI=1S/C13H10BrFN2S/c14-9-3-6-11(15)12(7-9)17-10-4-1-8(2-5-10)13(16)18/h1-7,17H,(H2,16,18). The van der Waals surface area contributed by atoms with E-state index in [4.69, 9.17) is 18.0 Å². The van der Waals surface area contributed by atoms with Gasteiger partial charge in [-0.3, -0.25) is 0 Å². The summed E-state index contributed by atoms with van der Waals surface area (Å²) in [5, 5.41) is 2.99. The summed E-state index contributed by atoms with van der Waals surface area (Å²) in [7, 11) is 0. The molecule has 5 heteroatoms. The Hall–Kier alpha value is -1.46. The topological polar surface area (TPSA) is 38.0 Å². The maximum atomic E-state index is 13.5. The molecule has 2 aromatic rings. The van der Waals surface area contributed by atoms with Crippen molar-refractivity contribution < 1.29 is 4.39 Å². The molecule has 0 aliphatic heterocycles. The van der Waals surface area contributed by atoms with Gasteiger partial charge in [-0.25, -0.2) is 4.39 Å². The predicted molar refractivity (Wildman–Crippen MR) is 79.7 cm³/mol. The molecule has 0 unspecified atom stereocenters. The van der Waals surface area contributed by atoms with Crippen LogP contribution in [0.2, 0.25) is 0 Å². The van der Waals surface area contributed by atoms with E-state index in [2.05, 4.69) is 21.2 Å². The Morgan fingerprint density at radius 2 is 1.83 bits per heavy atom. The van der Waals surface area contributed by atoms with Gasteiger partial charge in [0.25, 0.3) is 0 Å². The zero-order valence-electron chi connectivity index (χ0n) is 9.28. The van der Waals surface area contributed by atoms with Crippen LogP contribution in [0.5, 0.6) is 0 Å². The average Bonchev–Trinajstić information content (AvgIpc) is 2.34. The Labute approximate surface area is 118 Å². The molecule has 0 saturated carbocycles. The fourth-order valence-electron chi connectivity index (χ4n) is 1.47. The predicted octanol–water partition coefficient (Wildman–Crippen LogP) is 3.97. The van der Waals surface area contributed by atoms with E-state index in [1.165, 1.54) is 6.07 Å². The molecule has 18 heavy (non-hydrogen) atoms.